The third-order valence-electron chi connectivity index (χ3n) is 2.67. The molecule has 0 aliphatic carbocycles. The van der Waals surface area contributed by atoms with Crippen molar-refractivity contribution < 1.29 is 14.8 Å². The molecule has 0 aromatic heterocycles. The van der Waals surface area contributed by atoms with Crippen LogP contribution in [0.25, 0.3) is 0 Å². The van der Waals surface area contributed by atoms with Gasteiger partial charge in [0.05, 0.1) is 23.9 Å². The summed E-state index contributed by atoms with van der Waals surface area (Å²) in [6.07, 6.45) is 1.51. The predicted octanol–water partition coefficient (Wildman–Crippen LogP) is 2.76. The number of hydrazone groups is 1. The summed E-state index contributed by atoms with van der Waals surface area (Å²) in [4.78, 5) is 10.2. The first kappa shape index (κ1) is 14.3. The molecule has 0 fully saturated rings. The number of rotatable bonds is 5. The van der Waals surface area contributed by atoms with Crippen molar-refractivity contribution in [2.75, 3.05) is 12.5 Å². The first-order valence-electron chi connectivity index (χ1n) is 6.00. The minimum Gasteiger partial charge on any atom is -0.504 e. The standard InChI is InChI=1S/C14H13N3O4/c1-21-14-7-10(5-6-13(14)18)9-15-16-11-3-2-4-12(8-11)17(19)20/h2-9,16,18H,1H3/b15-9+. The van der Waals surface area contributed by atoms with E-state index in [2.05, 4.69) is 10.5 Å². The topological polar surface area (TPSA) is 97.0 Å². The van der Waals surface area contributed by atoms with Crippen molar-refractivity contribution in [3.63, 3.8) is 0 Å². The molecule has 7 nitrogen and oxygen atoms in total. The number of hydrogen-bond acceptors (Lipinski definition) is 6. The van der Waals surface area contributed by atoms with Gasteiger partial charge >= 0.3 is 0 Å². The molecule has 2 aromatic rings. The van der Waals surface area contributed by atoms with Gasteiger partial charge in [0.1, 0.15) is 0 Å². The SMILES string of the molecule is COc1cc(/C=N/Nc2cccc([N+](=O)[O-])c2)ccc1O. The minimum atomic E-state index is -0.472. The number of ether oxygens (including phenoxy) is 1. The fourth-order valence-corrected chi connectivity index (χ4v) is 1.64. The van der Waals surface area contributed by atoms with Crippen molar-refractivity contribution >= 4 is 17.6 Å². The number of nitrogens with zero attached hydrogens (tertiary/aromatic N) is 2. The van der Waals surface area contributed by atoms with Crippen LogP contribution in [0.15, 0.2) is 47.6 Å². The molecule has 2 aromatic carbocycles. The van der Waals surface area contributed by atoms with Crippen molar-refractivity contribution in [3.8, 4) is 11.5 Å². The summed E-state index contributed by atoms with van der Waals surface area (Å²) in [6.45, 7) is 0. The van der Waals surface area contributed by atoms with Crippen molar-refractivity contribution in [2.24, 2.45) is 5.10 Å². The molecule has 0 spiro atoms. The van der Waals surface area contributed by atoms with Crippen LogP contribution in [0, 0.1) is 10.1 Å². The number of non-ortho nitro benzene ring substituents is 1. The third kappa shape index (κ3) is 3.69. The van der Waals surface area contributed by atoms with Crippen LogP contribution >= 0.6 is 0 Å². The van der Waals surface area contributed by atoms with Crippen LogP contribution in [0.4, 0.5) is 11.4 Å². The Balaban J connectivity index is 2.08. The van der Waals surface area contributed by atoms with Crippen LogP contribution in [-0.2, 0) is 0 Å². The highest BCUT2D eigenvalue weighted by molar-refractivity contribution is 5.81. The van der Waals surface area contributed by atoms with E-state index in [4.69, 9.17) is 4.74 Å². The van der Waals surface area contributed by atoms with Gasteiger partial charge in [0.25, 0.3) is 5.69 Å². The highest BCUT2D eigenvalue weighted by Gasteiger charge is 2.04. The number of hydrogen-bond donors (Lipinski definition) is 2. The minimum absolute atomic E-state index is 0.0125. The maximum Gasteiger partial charge on any atom is 0.271 e. The molecule has 2 rings (SSSR count). The summed E-state index contributed by atoms with van der Waals surface area (Å²) in [6, 6.07) is 10.8. The molecule has 0 atom stereocenters. The molecule has 108 valence electrons. The van der Waals surface area contributed by atoms with E-state index in [0.717, 1.165) is 0 Å². The highest BCUT2D eigenvalue weighted by Crippen LogP contribution is 2.25. The second-order valence-electron chi connectivity index (χ2n) is 4.11. The zero-order valence-electron chi connectivity index (χ0n) is 11.2. The van der Waals surface area contributed by atoms with Crippen LogP contribution in [0.2, 0.25) is 0 Å². The average Bonchev–Trinajstić information content (AvgIpc) is 2.49. The van der Waals surface area contributed by atoms with E-state index in [1.54, 1.807) is 24.3 Å². The average molecular weight is 287 g/mol. The summed E-state index contributed by atoms with van der Waals surface area (Å²) >= 11 is 0. The van der Waals surface area contributed by atoms with Gasteiger partial charge in [-0.3, -0.25) is 15.5 Å². The van der Waals surface area contributed by atoms with Crippen LogP contribution in [-0.4, -0.2) is 23.4 Å². The number of nitrogens with one attached hydrogen (secondary N) is 1. The Labute approximate surface area is 120 Å². The van der Waals surface area contributed by atoms with E-state index in [1.165, 1.54) is 31.5 Å². The lowest BCUT2D eigenvalue weighted by molar-refractivity contribution is -0.384. The van der Waals surface area contributed by atoms with Crippen LogP contribution in [0.3, 0.4) is 0 Å². The molecule has 0 saturated carbocycles. The smallest absolute Gasteiger partial charge is 0.271 e. The van der Waals surface area contributed by atoms with E-state index < -0.39 is 4.92 Å². The Morgan fingerprint density at radius 3 is 2.86 bits per heavy atom. The van der Waals surface area contributed by atoms with Crippen LogP contribution in [0.5, 0.6) is 11.5 Å². The maximum atomic E-state index is 10.7. The van der Waals surface area contributed by atoms with Gasteiger partial charge in [-0.1, -0.05) is 6.07 Å². The van der Waals surface area contributed by atoms with E-state index in [-0.39, 0.29) is 11.4 Å². The van der Waals surface area contributed by atoms with Crippen LogP contribution < -0.4 is 10.2 Å². The Morgan fingerprint density at radius 2 is 2.14 bits per heavy atom. The lowest BCUT2D eigenvalue weighted by Gasteiger charge is -2.03. The van der Waals surface area contributed by atoms with E-state index in [1.807, 2.05) is 0 Å². The second kappa shape index (κ2) is 6.38. The van der Waals surface area contributed by atoms with E-state index in [0.29, 0.717) is 17.0 Å². The number of aromatic hydroxyl groups is 1. The third-order valence-corrected chi connectivity index (χ3v) is 2.67. The number of anilines is 1. The second-order valence-corrected chi connectivity index (χ2v) is 4.11. The number of benzene rings is 2. The number of methoxy groups -OCH3 is 1. The van der Waals surface area contributed by atoms with Gasteiger partial charge in [-0.15, -0.1) is 0 Å². The summed E-state index contributed by atoms with van der Waals surface area (Å²) in [7, 11) is 1.46. The molecule has 0 heterocycles. The predicted molar refractivity (Wildman–Crippen MR) is 79.0 cm³/mol. The lowest BCUT2D eigenvalue weighted by atomic mass is 10.2. The zero-order chi connectivity index (χ0) is 15.2. The van der Waals surface area contributed by atoms with Gasteiger partial charge in [0, 0.05) is 12.1 Å². The van der Waals surface area contributed by atoms with Gasteiger partial charge < -0.3 is 9.84 Å². The normalized spacial score (nSPS) is 10.5. The Morgan fingerprint density at radius 1 is 1.33 bits per heavy atom. The summed E-state index contributed by atoms with van der Waals surface area (Å²) in [5, 5.41) is 24.1. The fourth-order valence-electron chi connectivity index (χ4n) is 1.64. The van der Waals surface area contributed by atoms with Crippen LogP contribution in [0.1, 0.15) is 5.56 Å². The molecule has 0 saturated heterocycles. The van der Waals surface area contributed by atoms with Crippen molar-refractivity contribution in [2.45, 2.75) is 0 Å². The van der Waals surface area contributed by atoms with Gasteiger partial charge in [0.15, 0.2) is 11.5 Å². The fraction of sp³-hybridized carbons (Fsp3) is 0.0714. The largest absolute Gasteiger partial charge is 0.504 e. The molecular weight excluding hydrogens is 274 g/mol. The quantitative estimate of drug-likeness (QED) is 0.500. The first-order valence-corrected chi connectivity index (χ1v) is 6.00. The molecule has 21 heavy (non-hydrogen) atoms. The molecule has 0 amide bonds. The molecule has 7 heteroatoms. The molecular formula is C14H13N3O4. The maximum absolute atomic E-state index is 10.7. The van der Waals surface area contributed by atoms with Gasteiger partial charge in [-0.2, -0.15) is 5.10 Å². The van der Waals surface area contributed by atoms with E-state index >= 15 is 0 Å². The molecule has 0 radical (unpaired) electrons. The molecule has 0 bridgehead atoms. The molecule has 0 aliphatic rings. The number of nitro benzene ring substituents is 1. The lowest BCUT2D eigenvalue weighted by Crippen LogP contribution is -1.93. The zero-order valence-corrected chi connectivity index (χ0v) is 11.2. The summed E-state index contributed by atoms with van der Waals surface area (Å²) in [5.74, 6) is 0.385. The number of nitro groups is 1. The molecule has 0 aliphatic heterocycles. The Kier molecular flexibility index (Phi) is 4.35. The molecule has 2 N–H and O–H groups in total. The Hall–Kier alpha value is -3.09. The number of phenols is 1. The van der Waals surface area contributed by atoms with Gasteiger partial charge in [0.2, 0.25) is 0 Å². The van der Waals surface area contributed by atoms with Gasteiger partial charge in [-0.25, -0.2) is 0 Å². The monoisotopic (exact) mass is 287 g/mol. The van der Waals surface area contributed by atoms with Gasteiger partial charge in [-0.05, 0) is 29.8 Å². The van der Waals surface area contributed by atoms with E-state index in [9.17, 15) is 15.2 Å². The summed E-state index contributed by atoms with van der Waals surface area (Å²) in [5.41, 5.74) is 3.91. The molecule has 0 unspecified atom stereocenters. The van der Waals surface area contributed by atoms with Crippen molar-refractivity contribution in [1.82, 2.24) is 0 Å². The first-order chi connectivity index (χ1) is 10.1. The van der Waals surface area contributed by atoms with Crippen molar-refractivity contribution in [3.05, 3.63) is 58.1 Å². The summed E-state index contributed by atoms with van der Waals surface area (Å²) < 4.78 is 4.99. The van der Waals surface area contributed by atoms with Crippen molar-refractivity contribution in [1.29, 1.82) is 0 Å². The highest BCUT2D eigenvalue weighted by atomic mass is 16.6. The number of phenolic OH excluding ortho intramolecular Hbond substituents is 1. The Bertz CT molecular complexity index is 686.